The first-order chi connectivity index (χ1) is 17.1. The first-order valence-corrected chi connectivity index (χ1v) is 12.1. The highest BCUT2D eigenvalue weighted by atomic mass is 16.5. The first-order valence-electron chi connectivity index (χ1n) is 12.1. The number of fused-ring (bicyclic) bond motifs is 2. The molecule has 35 heavy (non-hydrogen) atoms. The Kier molecular flexibility index (Phi) is 5.45. The number of carbonyl (C=O) groups is 3. The maximum absolute atomic E-state index is 12.9. The summed E-state index contributed by atoms with van der Waals surface area (Å²) < 4.78 is 6.28. The molecule has 0 saturated carbocycles. The van der Waals surface area contributed by atoms with Crippen LogP contribution in [-0.2, 0) is 22.7 Å². The van der Waals surface area contributed by atoms with Gasteiger partial charge in [-0.15, -0.1) is 0 Å². The number of aromatic nitrogens is 1. The van der Waals surface area contributed by atoms with Crippen molar-refractivity contribution in [2.45, 2.75) is 44.9 Å². The van der Waals surface area contributed by atoms with Crippen molar-refractivity contribution in [1.29, 1.82) is 0 Å². The normalized spacial score (nSPS) is 20.7. The number of imide groups is 1. The molecule has 2 aromatic carbocycles. The number of hydrogen-bond acceptors (Lipinski definition) is 6. The van der Waals surface area contributed by atoms with E-state index in [4.69, 9.17) is 4.74 Å². The molecule has 3 aliphatic rings. The molecular formula is C27H26N4O4. The molecule has 8 nitrogen and oxygen atoms in total. The lowest BCUT2D eigenvalue weighted by Crippen LogP contribution is -2.51. The summed E-state index contributed by atoms with van der Waals surface area (Å²) in [5.41, 5.74) is 3.55. The Labute approximate surface area is 203 Å². The zero-order valence-corrected chi connectivity index (χ0v) is 19.4. The van der Waals surface area contributed by atoms with Crippen molar-refractivity contribution in [2.75, 3.05) is 13.1 Å². The van der Waals surface area contributed by atoms with E-state index in [1.807, 2.05) is 24.4 Å². The van der Waals surface area contributed by atoms with Gasteiger partial charge in [-0.05, 0) is 54.3 Å². The van der Waals surface area contributed by atoms with E-state index in [2.05, 4.69) is 28.1 Å². The van der Waals surface area contributed by atoms with Crippen LogP contribution in [0.2, 0.25) is 0 Å². The largest absolute Gasteiger partial charge is 0.489 e. The van der Waals surface area contributed by atoms with Crippen LogP contribution in [0.15, 0.2) is 54.7 Å². The Morgan fingerprint density at radius 2 is 1.86 bits per heavy atom. The van der Waals surface area contributed by atoms with Gasteiger partial charge in [-0.1, -0.05) is 18.2 Å². The van der Waals surface area contributed by atoms with E-state index in [-0.39, 0.29) is 43.2 Å². The number of benzene rings is 2. The molecule has 3 aromatic rings. The van der Waals surface area contributed by atoms with E-state index in [1.165, 1.54) is 16.0 Å². The highest BCUT2D eigenvalue weighted by molar-refractivity contribution is 6.04. The van der Waals surface area contributed by atoms with Crippen molar-refractivity contribution in [2.24, 2.45) is 0 Å². The predicted octanol–water partition coefficient (Wildman–Crippen LogP) is 3.30. The molecule has 3 aliphatic heterocycles. The van der Waals surface area contributed by atoms with Crippen LogP contribution in [0.5, 0.6) is 5.75 Å². The number of pyridine rings is 1. The number of rotatable bonds is 5. The van der Waals surface area contributed by atoms with Crippen LogP contribution >= 0.6 is 0 Å². The van der Waals surface area contributed by atoms with Gasteiger partial charge in [-0.2, -0.15) is 5.01 Å². The van der Waals surface area contributed by atoms with E-state index < -0.39 is 0 Å². The van der Waals surface area contributed by atoms with Crippen molar-refractivity contribution < 1.29 is 19.1 Å². The third-order valence-electron chi connectivity index (χ3n) is 7.02. The number of likely N-dealkylation sites (tertiary alicyclic amines) is 1. The molecule has 0 bridgehead atoms. The topological polar surface area (TPSA) is 83.1 Å². The fourth-order valence-electron chi connectivity index (χ4n) is 5.30. The summed E-state index contributed by atoms with van der Waals surface area (Å²) in [5, 5.41) is 3.48. The molecule has 0 spiro atoms. The summed E-state index contributed by atoms with van der Waals surface area (Å²) in [6, 6.07) is 15.7. The Morgan fingerprint density at radius 1 is 1.00 bits per heavy atom. The van der Waals surface area contributed by atoms with Crippen molar-refractivity contribution in [3.63, 3.8) is 0 Å². The van der Waals surface area contributed by atoms with Crippen LogP contribution in [0.1, 0.15) is 47.2 Å². The van der Waals surface area contributed by atoms with Gasteiger partial charge in [0.1, 0.15) is 11.9 Å². The van der Waals surface area contributed by atoms with Gasteiger partial charge in [-0.3, -0.25) is 24.3 Å². The number of piperidine rings is 1. The van der Waals surface area contributed by atoms with Crippen LogP contribution in [0.4, 0.5) is 0 Å². The van der Waals surface area contributed by atoms with Gasteiger partial charge in [0.2, 0.25) is 11.8 Å². The van der Waals surface area contributed by atoms with Crippen LogP contribution in [0.3, 0.4) is 0 Å². The number of hydrazine groups is 1. The second-order valence-corrected chi connectivity index (χ2v) is 9.39. The maximum Gasteiger partial charge on any atom is 0.273 e. The monoisotopic (exact) mass is 470 g/mol. The first kappa shape index (κ1) is 21.7. The molecule has 6 rings (SSSR count). The van der Waals surface area contributed by atoms with Crippen LogP contribution in [-0.4, -0.2) is 56.8 Å². The molecule has 8 heteroatoms. The van der Waals surface area contributed by atoms with Crippen LogP contribution in [0.25, 0.3) is 10.9 Å². The van der Waals surface area contributed by atoms with Gasteiger partial charge >= 0.3 is 0 Å². The molecule has 3 amide bonds. The van der Waals surface area contributed by atoms with E-state index in [0.29, 0.717) is 17.7 Å². The quantitative estimate of drug-likeness (QED) is 0.532. The molecule has 0 N–H and O–H groups in total. The van der Waals surface area contributed by atoms with Crippen molar-refractivity contribution in [3.8, 4) is 5.75 Å². The van der Waals surface area contributed by atoms with E-state index in [9.17, 15) is 14.4 Å². The minimum atomic E-state index is -0.313. The Morgan fingerprint density at radius 3 is 2.71 bits per heavy atom. The number of nitrogens with zero attached hydrogens (tertiary/aromatic N) is 4. The zero-order chi connectivity index (χ0) is 23.9. The molecule has 2 saturated heterocycles. The van der Waals surface area contributed by atoms with Crippen molar-refractivity contribution >= 4 is 28.6 Å². The maximum atomic E-state index is 12.9. The van der Waals surface area contributed by atoms with E-state index in [0.717, 1.165) is 42.1 Å². The van der Waals surface area contributed by atoms with Gasteiger partial charge in [-0.25, -0.2) is 5.01 Å². The molecule has 1 aromatic heterocycles. The zero-order valence-electron chi connectivity index (χ0n) is 19.4. The number of ether oxygens (including phenoxy) is 1. The number of carbonyl (C=O) groups excluding carboxylic acids is 3. The molecule has 4 heterocycles. The second kappa shape index (κ2) is 8.78. The van der Waals surface area contributed by atoms with Crippen LogP contribution < -0.4 is 4.74 Å². The molecule has 0 unspecified atom stereocenters. The fourth-order valence-corrected chi connectivity index (χ4v) is 5.30. The SMILES string of the molecule is O=C1c2ccc(O[C@@H]3CCN(Cc4cccc5ncccc45)C3)cc2CN1N1C(=O)CCCC1=O. The second-order valence-electron chi connectivity index (χ2n) is 9.39. The third-order valence-corrected chi connectivity index (χ3v) is 7.02. The molecule has 0 radical (unpaired) electrons. The summed E-state index contributed by atoms with van der Waals surface area (Å²) in [5.74, 6) is -0.235. The lowest BCUT2D eigenvalue weighted by Gasteiger charge is -2.32. The Bertz CT molecular complexity index is 1320. The van der Waals surface area contributed by atoms with Crippen LogP contribution in [0, 0.1) is 0 Å². The highest BCUT2D eigenvalue weighted by Crippen LogP contribution is 2.31. The third kappa shape index (κ3) is 4.04. The van der Waals surface area contributed by atoms with Gasteiger partial charge in [0.05, 0.1) is 12.1 Å². The smallest absolute Gasteiger partial charge is 0.273 e. The van der Waals surface area contributed by atoms with Gasteiger partial charge in [0.25, 0.3) is 5.91 Å². The fraction of sp³-hybridized carbons (Fsp3) is 0.333. The molecular weight excluding hydrogens is 444 g/mol. The average Bonchev–Trinajstić information content (AvgIpc) is 3.43. The van der Waals surface area contributed by atoms with Gasteiger partial charge in [0, 0.05) is 49.6 Å². The van der Waals surface area contributed by atoms with Gasteiger partial charge < -0.3 is 4.74 Å². The highest BCUT2D eigenvalue weighted by Gasteiger charge is 2.39. The van der Waals surface area contributed by atoms with Crippen molar-refractivity contribution in [1.82, 2.24) is 19.9 Å². The summed E-state index contributed by atoms with van der Waals surface area (Å²) in [7, 11) is 0. The summed E-state index contributed by atoms with van der Waals surface area (Å²) in [4.78, 5) is 44.3. The standard InChI is InChI=1S/C27H26N4O4/c32-25-7-2-8-26(33)31(25)30-16-19-14-20(9-10-23(19)27(30)34)35-21-11-13-29(17-21)15-18-4-1-6-24-22(18)5-3-12-28-24/h1,3-6,9-10,12,14,21H,2,7-8,11,13,15-17H2/t21-/m1/s1. The van der Waals surface area contributed by atoms with Crippen molar-refractivity contribution in [3.05, 3.63) is 71.4 Å². The van der Waals surface area contributed by atoms with E-state index >= 15 is 0 Å². The van der Waals surface area contributed by atoms with Gasteiger partial charge in [0.15, 0.2) is 0 Å². The molecule has 1 atom stereocenters. The summed E-state index contributed by atoms with van der Waals surface area (Å²) >= 11 is 0. The predicted molar refractivity (Wildman–Crippen MR) is 128 cm³/mol. The Balaban J connectivity index is 1.12. The van der Waals surface area contributed by atoms with E-state index in [1.54, 1.807) is 12.1 Å². The average molecular weight is 471 g/mol. The molecule has 0 aliphatic carbocycles. The molecule has 178 valence electrons. The summed E-state index contributed by atoms with van der Waals surface area (Å²) in [6.45, 7) is 2.80. The minimum Gasteiger partial charge on any atom is -0.489 e. The molecule has 2 fully saturated rings. The lowest BCUT2D eigenvalue weighted by molar-refractivity contribution is -0.163. The summed E-state index contributed by atoms with van der Waals surface area (Å²) in [6.07, 6.45) is 3.90. The Hall–Kier alpha value is -3.78. The number of hydrogen-bond donors (Lipinski definition) is 0. The minimum absolute atomic E-state index is 0.0552. The number of amides is 3. The lowest BCUT2D eigenvalue weighted by atomic mass is 10.1.